The zero-order valence-corrected chi connectivity index (χ0v) is 23.8. The van der Waals surface area contributed by atoms with E-state index < -0.39 is 12.1 Å². The fraction of sp³-hybridized carbons (Fsp3) is 0.345. The second-order valence-electron chi connectivity index (χ2n) is 9.58. The van der Waals surface area contributed by atoms with Crippen LogP contribution in [0.15, 0.2) is 66.7 Å². The maximum absolute atomic E-state index is 11.7. The normalized spacial score (nSPS) is 19.6. The minimum Gasteiger partial charge on any atom is -1.00 e. The number of rotatable bonds is 8. The maximum Gasteiger partial charge on any atom is 1.00 e. The molecule has 0 saturated carbocycles. The summed E-state index contributed by atoms with van der Waals surface area (Å²) in [6.45, 7) is 1.23. The standard InChI is InChI=1S/C29H31ClN2O4.Na.H/c30-22-6-3-5-20(15-22)27(33)18-31-23-12-10-19-11-13-24(17-21(19)16-23)36-28-9-4-14-32(28)26-8-2-1-7-25(26)29(34)35;;/h1-3,5-8,11,13,15,17,23,27-28,31,33H,4,9-10,12,14,16,18H2,(H,34,35);;/q;+1;-1/t23-,27+,28?;;/m0../s1. The molecule has 8 heteroatoms. The second kappa shape index (κ2) is 12.7. The largest absolute Gasteiger partial charge is 1.00 e. The van der Waals surface area contributed by atoms with Gasteiger partial charge >= 0.3 is 35.5 Å². The van der Waals surface area contributed by atoms with Gasteiger partial charge in [0.25, 0.3) is 0 Å². The van der Waals surface area contributed by atoms with Crippen LogP contribution in [0, 0.1) is 0 Å². The van der Waals surface area contributed by atoms with Crippen molar-refractivity contribution >= 4 is 23.3 Å². The number of carbonyl (C=O) groups is 1. The fourth-order valence-corrected chi connectivity index (χ4v) is 5.49. The molecule has 3 aromatic rings. The van der Waals surface area contributed by atoms with Crippen LogP contribution in [0.1, 0.15) is 53.8 Å². The number of benzene rings is 3. The van der Waals surface area contributed by atoms with Gasteiger partial charge in [-0.25, -0.2) is 4.79 Å². The number of nitrogens with zero attached hydrogens (tertiary/aromatic N) is 1. The van der Waals surface area contributed by atoms with E-state index in [0.29, 0.717) is 22.8 Å². The Balaban J connectivity index is 0.00000200. The summed E-state index contributed by atoms with van der Waals surface area (Å²) in [5.74, 6) is -0.123. The number of para-hydroxylation sites is 1. The van der Waals surface area contributed by atoms with Crippen LogP contribution in [-0.2, 0) is 12.8 Å². The number of hydrogen-bond donors (Lipinski definition) is 3. The summed E-state index contributed by atoms with van der Waals surface area (Å²) >= 11 is 6.06. The fourth-order valence-electron chi connectivity index (χ4n) is 5.29. The predicted octanol–water partition coefficient (Wildman–Crippen LogP) is 2.34. The number of hydrogen-bond acceptors (Lipinski definition) is 5. The molecule has 0 aromatic heterocycles. The molecule has 1 aliphatic carbocycles. The topological polar surface area (TPSA) is 82.0 Å². The summed E-state index contributed by atoms with van der Waals surface area (Å²) in [6, 6.07) is 21.0. The third-order valence-electron chi connectivity index (χ3n) is 7.15. The number of ether oxygens (including phenoxy) is 1. The zero-order chi connectivity index (χ0) is 25.1. The quantitative estimate of drug-likeness (QED) is 0.388. The average molecular weight is 531 g/mol. The van der Waals surface area contributed by atoms with Crippen LogP contribution in [0.3, 0.4) is 0 Å². The third kappa shape index (κ3) is 6.69. The van der Waals surface area contributed by atoms with Crippen LogP contribution < -0.4 is 44.5 Å². The van der Waals surface area contributed by atoms with Crippen LogP contribution in [0.4, 0.5) is 5.69 Å². The van der Waals surface area contributed by atoms with Crippen molar-refractivity contribution in [2.45, 2.75) is 50.5 Å². The van der Waals surface area contributed by atoms with E-state index in [2.05, 4.69) is 22.3 Å². The van der Waals surface area contributed by atoms with Gasteiger partial charge in [0.05, 0.1) is 17.4 Å². The van der Waals surface area contributed by atoms with Gasteiger partial charge in [0.1, 0.15) is 5.75 Å². The summed E-state index contributed by atoms with van der Waals surface area (Å²) in [4.78, 5) is 13.8. The Morgan fingerprint density at radius 3 is 2.76 bits per heavy atom. The van der Waals surface area contributed by atoms with Crippen LogP contribution in [-0.4, -0.2) is 41.5 Å². The molecule has 3 atom stereocenters. The van der Waals surface area contributed by atoms with E-state index in [1.807, 2.05) is 30.3 Å². The van der Waals surface area contributed by atoms with E-state index in [9.17, 15) is 15.0 Å². The number of aryl methyl sites for hydroxylation is 1. The molecule has 1 unspecified atom stereocenters. The van der Waals surface area contributed by atoms with Crippen molar-refractivity contribution in [3.05, 3.63) is 94.0 Å². The molecule has 0 bridgehead atoms. The Morgan fingerprint density at radius 1 is 1.11 bits per heavy atom. The van der Waals surface area contributed by atoms with Gasteiger partial charge in [0.15, 0.2) is 6.23 Å². The van der Waals surface area contributed by atoms with Crippen LogP contribution in [0.2, 0.25) is 5.02 Å². The molecule has 2 aliphatic rings. The Kier molecular flexibility index (Phi) is 9.57. The molecule has 3 N–H and O–H groups in total. The molecule has 1 heterocycles. The Bertz CT molecular complexity index is 1250. The first-order valence-corrected chi connectivity index (χ1v) is 12.9. The van der Waals surface area contributed by atoms with Gasteiger partial charge in [-0.15, -0.1) is 0 Å². The van der Waals surface area contributed by atoms with Crippen LogP contribution >= 0.6 is 11.6 Å². The molecule has 5 rings (SSSR count). The minimum atomic E-state index is -0.927. The smallest absolute Gasteiger partial charge is 1.00 e. The summed E-state index contributed by atoms with van der Waals surface area (Å²) in [6.07, 6.45) is 3.84. The summed E-state index contributed by atoms with van der Waals surface area (Å²) in [5, 5.41) is 24.3. The predicted molar refractivity (Wildman–Crippen MR) is 142 cm³/mol. The van der Waals surface area contributed by atoms with Gasteiger partial charge in [-0.05, 0) is 78.8 Å². The van der Waals surface area contributed by atoms with Gasteiger partial charge < -0.3 is 26.6 Å². The monoisotopic (exact) mass is 530 g/mol. The Morgan fingerprint density at radius 2 is 1.95 bits per heavy atom. The summed E-state index contributed by atoms with van der Waals surface area (Å²) in [7, 11) is 0. The number of halogens is 1. The zero-order valence-electron chi connectivity index (χ0n) is 22.1. The number of carboxylic acids is 1. The van der Waals surface area contributed by atoms with E-state index in [1.165, 1.54) is 11.1 Å². The van der Waals surface area contributed by atoms with E-state index >= 15 is 0 Å². The van der Waals surface area contributed by atoms with Crippen LogP contribution in [0.5, 0.6) is 5.75 Å². The van der Waals surface area contributed by atoms with E-state index in [4.69, 9.17) is 16.3 Å². The third-order valence-corrected chi connectivity index (χ3v) is 7.39. The van der Waals surface area contributed by atoms with Gasteiger partial charge in [0, 0.05) is 30.6 Å². The summed E-state index contributed by atoms with van der Waals surface area (Å²) < 4.78 is 6.41. The number of aliphatic hydroxyl groups excluding tert-OH is 1. The van der Waals surface area contributed by atoms with Crippen molar-refractivity contribution in [3.63, 3.8) is 0 Å². The van der Waals surface area contributed by atoms with Gasteiger partial charge in [-0.3, -0.25) is 0 Å². The number of carboxylic acid groups (broad SMARTS) is 1. The first kappa shape index (κ1) is 28.0. The molecule has 1 fully saturated rings. The van der Waals surface area contributed by atoms with E-state index in [1.54, 1.807) is 24.3 Å². The Labute approximate surface area is 246 Å². The van der Waals surface area contributed by atoms with Gasteiger partial charge in [0.2, 0.25) is 0 Å². The molecular formula is C29H32ClN2NaO4. The van der Waals surface area contributed by atoms with Crippen molar-refractivity contribution in [1.82, 2.24) is 5.32 Å². The maximum atomic E-state index is 11.7. The summed E-state index contributed by atoms with van der Waals surface area (Å²) in [5.41, 5.74) is 4.40. The first-order chi connectivity index (χ1) is 17.5. The molecule has 1 saturated heterocycles. The molecule has 0 amide bonds. The molecule has 6 nitrogen and oxygen atoms in total. The molecule has 3 aromatic carbocycles. The molecule has 1 aliphatic heterocycles. The van der Waals surface area contributed by atoms with E-state index in [0.717, 1.165) is 50.0 Å². The average Bonchev–Trinajstić information content (AvgIpc) is 3.34. The van der Waals surface area contributed by atoms with Crippen molar-refractivity contribution in [1.29, 1.82) is 0 Å². The molecular weight excluding hydrogens is 499 g/mol. The van der Waals surface area contributed by atoms with Crippen molar-refractivity contribution in [3.8, 4) is 5.75 Å². The number of aliphatic hydroxyl groups is 1. The van der Waals surface area contributed by atoms with Crippen LogP contribution in [0.25, 0.3) is 0 Å². The number of aromatic carboxylic acids is 1. The molecule has 0 radical (unpaired) electrons. The van der Waals surface area contributed by atoms with Crippen molar-refractivity contribution in [2.24, 2.45) is 0 Å². The number of fused-ring (bicyclic) bond motifs is 1. The second-order valence-corrected chi connectivity index (χ2v) is 10.0. The van der Waals surface area contributed by atoms with Crippen molar-refractivity contribution < 1.29 is 50.7 Å². The molecule has 37 heavy (non-hydrogen) atoms. The van der Waals surface area contributed by atoms with E-state index in [-0.39, 0.29) is 43.3 Å². The SMILES string of the molecule is O=C(O)c1ccccc1N1CCCC1Oc1ccc2c(c1)C[C@@H](NC[C@@H](O)c1cccc(Cl)c1)CC2.[H-].[Na+]. The Hall–Kier alpha value is -2.06. The molecule has 0 spiro atoms. The minimum absolute atomic E-state index is 0. The van der Waals surface area contributed by atoms with Gasteiger partial charge in [-0.1, -0.05) is 41.9 Å². The number of nitrogens with one attached hydrogen (secondary N) is 1. The molecule has 190 valence electrons. The first-order valence-electron chi connectivity index (χ1n) is 12.5. The van der Waals surface area contributed by atoms with Gasteiger partial charge in [-0.2, -0.15) is 0 Å². The van der Waals surface area contributed by atoms with Crippen molar-refractivity contribution in [2.75, 3.05) is 18.0 Å². The number of anilines is 1.